The maximum Gasteiger partial charge on any atom is 0.249 e. The number of fused-ring (bicyclic) bond motifs is 1. The van der Waals surface area contributed by atoms with Gasteiger partial charge < -0.3 is 20.4 Å². The SMILES string of the molecule is CC(=O)Nc1ccc(Nc2ncc3c(n2)N(c2ccccc2)C(C)C(=O)N3C)cc1. The molecule has 0 saturated heterocycles. The van der Waals surface area contributed by atoms with Gasteiger partial charge in [0.25, 0.3) is 0 Å². The van der Waals surface area contributed by atoms with Crippen molar-refractivity contribution in [3.63, 3.8) is 0 Å². The fraction of sp³-hybridized carbons (Fsp3) is 0.182. The predicted molar refractivity (Wildman–Crippen MR) is 118 cm³/mol. The van der Waals surface area contributed by atoms with E-state index >= 15 is 0 Å². The summed E-state index contributed by atoms with van der Waals surface area (Å²) in [5.41, 5.74) is 3.03. The second-order valence-corrected chi connectivity index (χ2v) is 7.06. The van der Waals surface area contributed by atoms with Gasteiger partial charge in [-0.1, -0.05) is 18.2 Å². The highest BCUT2D eigenvalue weighted by molar-refractivity contribution is 6.05. The van der Waals surface area contributed by atoms with Crippen LogP contribution in [-0.4, -0.2) is 34.9 Å². The lowest BCUT2D eigenvalue weighted by Crippen LogP contribution is -2.49. The number of rotatable bonds is 4. The molecule has 0 saturated carbocycles. The molecule has 1 atom stereocenters. The Morgan fingerprint density at radius 1 is 1.03 bits per heavy atom. The van der Waals surface area contributed by atoms with Crippen molar-refractivity contribution in [3.8, 4) is 0 Å². The Kier molecular flexibility index (Phi) is 5.05. The van der Waals surface area contributed by atoms with Crippen molar-refractivity contribution in [1.29, 1.82) is 0 Å². The topological polar surface area (TPSA) is 90.5 Å². The molecule has 0 radical (unpaired) electrons. The molecule has 0 bridgehead atoms. The molecule has 152 valence electrons. The molecule has 2 amide bonds. The van der Waals surface area contributed by atoms with Crippen LogP contribution in [0.2, 0.25) is 0 Å². The van der Waals surface area contributed by atoms with Crippen LogP contribution in [0.15, 0.2) is 60.8 Å². The highest BCUT2D eigenvalue weighted by Crippen LogP contribution is 2.38. The Morgan fingerprint density at radius 2 is 1.70 bits per heavy atom. The van der Waals surface area contributed by atoms with E-state index in [1.165, 1.54) is 6.92 Å². The van der Waals surface area contributed by atoms with Crippen LogP contribution in [0.3, 0.4) is 0 Å². The number of nitrogens with one attached hydrogen (secondary N) is 2. The van der Waals surface area contributed by atoms with Gasteiger partial charge in [-0.25, -0.2) is 4.98 Å². The Balaban J connectivity index is 1.68. The van der Waals surface area contributed by atoms with Crippen LogP contribution in [0.25, 0.3) is 0 Å². The fourth-order valence-electron chi connectivity index (χ4n) is 3.44. The zero-order valence-electron chi connectivity index (χ0n) is 17.0. The summed E-state index contributed by atoms with van der Waals surface area (Å²) in [5.74, 6) is 0.923. The summed E-state index contributed by atoms with van der Waals surface area (Å²) in [6, 6.07) is 16.6. The number of hydrogen-bond acceptors (Lipinski definition) is 6. The van der Waals surface area contributed by atoms with Crippen LogP contribution in [0.5, 0.6) is 0 Å². The van der Waals surface area contributed by atoms with Gasteiger partial charge in [0.1, 0.15) is 11.7 Å². The molecule has 2 aromatic carbocycles. The number of amides is 2. The van der Waals surface area contributed by atoms with Crippen molar-refractivity contribution >= 4 is 46.3 Å². The highest BCUT2D eigenvalue weighted by Gasteiger charge is 2.36. The minimum absolute atomic E-state index is 0.0239. The van der Waals surface area contributed by atoms with E-state index in [1.54, 1.807) is 30.3 Å². The molecule has 8 nitrogen and oxygen atoms in total. The number of aromatic nitrogens is 2. The van der Waals surface area contributed by atoms with E-state index in [0.29, 0.717) is 23.1 Å². The summed E-state index contributed by atoms with van der Waals surface area (Å²) in [6.07, 6.45) is 1.65. The zero-order valence-corrected chi connectivity index (χ0v) is 17.0. The Hall–Kier alpha value is -3.94. The molecular weight excluding hydrogens is 380 g/mol. The molecule has 1 unspecified atom stereocenters. The van der Waals surface area contributed by atoms with Crippen LogP contribution in [-0.2, 0) is 9.59 Å². The normalized spacial score (nSPS) is 15.6. The smallest absolute Gasteiger partial charge is 0.249 e. The monoisotopic (exact) mass is 402 g/mol. The first-order chi connectivity index (χ1) is 14.4. The lowest BCUT2D eigenvalue weighted by molar-refractivity contribution is -0.119. The minimum Gasteiger partial charge on any atom is -0.326 e. The third-order valence-corrected chi connectivity index (χ3v) is 4.91. The van der Waals surface area contributed by atoms with Gasteiger partial charge in [0.05, 0.1) is 6.20 Å². The number of carbonyl (C=O) groups is 2. The van der Waals surface area contributed by atoms with Crippen molar-refractivity contribution in [2.75, 3.05) is 27.5 Å². The lowest BCUT2D eigenvalue weighted by atomic mass is 10.1. The number of likely N-dealkylation sites (N-methyl/N-ethyl adjacent to an activating group) is 1. The van der Waals surface area contributed by atoms with Gasteiger partial charge in [0.15, 0.2) is 5.82 Å². The third kappa shape index (κ3) is 3.67. The van der Waals surface area contributed by atoms with Crippen LogP contribution < -0.4 is 20.4 Å². The summed E-state index contributed by atoms with van der Waals surface area (Å²) in [6.45, 7) is 3.33. The standard InChI is InChI=1S/C22H22N6O2/c1-14-21(30)27(3)19-13-23-22(25-17-11-9-16(10-12-17)24-15(2)29)26-20(19)28(14)18-7-5-4-6-8-18/h4-14H,1-3H3,(H,24,29)(H,23,25,26). The van der Waals surface area contributed by atoms with Gasteiger partial charge in [-0.2, -0.15) is 4.98 Å². The van der Waals surface area contributed by atoms with Crippen LogP contribution in [0.4, 0.5) is 34.5 Å². The van der Waals surface area contributed by atoms with Gasteiger partial charge in [-0.05, 0) is 43.3 Å². The summed E-state index contributed by atoms with van der Waals surface area (Å²) in [7, 11) is 1.73. The number of para-hydroxylation sites is 1. The van der Waals surface area contributed by atoms with E-state index in [1.807, 2.05) is 54.3 Å². The molecule has 30 heavy (non-hydrogen) atoms. The van der Waals surface area contributed by atoms with E-state index in [4.69, 9.17) is 4.98 Å². The second-order valence-electron chi connectivity index (χ2n) is 7.06. The summed E-state index contributed by atoms with van der Waals surface area (Å²) in [4.78, 5) is 36.5. The van der Waals surface area contributed by atoms with Crippen LogP contribution >= 0.6 is 0 Å². The first-order valence-corrected chi connectivity index (χ1v) is 9.57. The molecule has 0 aliphatic carbocycles. The molecule has 2 N–H and O–H groups in total. The molecule has 4 rings (SSSR count). The van der Waals surface area contributed by atoms with Gasteiger partial charge in [0, 0.05) is 31.0 Å². The van der Waals surface area contributed by atoms with E-state index in [0.717, 1.165) is 11.4 Å². The number of nitrogens with zero attached hydrogens (tertiary/aromatic N) is 4. The fourth-order valence-corrected chi connectivity index (χ4v) is 3.44. The molecule has 1 aliphatic rings. The van der Waals surface area contributed by atoms with Gasteiger partial charge >= 0.3 is 0 Å². The molecule has 0 spiro atoms. The van der Waals surface area contributed by atoms with Crippen molar-refractivity contribution in [3.05, 3.63) is 60.8 Å². The molecule has 1 aromatic heterocycles. The Morgan fingerprint density at radius 3 is 2.37 bits per heavy atom. The third-order valence-electron chi connectivity index (χ3n) is 4.91. The highest BCUT2D eigenvalue weighted by atomic mass is 16.2. The average Bonchev–Trinajstić information content (AvgIpc) is 2.74. The van der Waals surface area contributed by atoms with Crippen LogP contribution in [0.1, 0.15) is 13.8 Å². The number of carbonyl (C=O) groups excluding carboxylic acids is 2. The number of hydrogen-bond donors (Lipinski definition) is 2. The van der Waals surface area contributed by atoms with E-state index < -0.39 is 6.04 Å². The summed E-state index contributed by atoms with van der Waals surface area (Å²) in [5, 5.41) is 5.91. The van der Waals surface area contributed by atoms with Crippen molar-refractivity contribution < 1.29 is 9.59 Å². The number of benzene rings is 2. The largest absolute Gasteiger partial charge is 0.326 e. The Labute approximate surface area is 174 Å². The van der Waals surface area contributed by atoms with Gasteiger partial charge in [-0.15, -0.1) is 0 Å². The van der Waals surface area contributed by atoms with Crippen LogP contribution in [0, 0.1) is 0 Å². The first kappa shape index (κ1) is 19.4. The molecule has 3 aromatic rings. The lowest BCUT2D eigenvalue weighted by Gasteiger charge is -2.39. The van der Waals surface area contributed by atoms with Crippen molar-refractivity contribution in [1.82, 2.24) is 9.97 Å². The van der Waals surface area contributed by atoms with Gasteiger partial charge in [0.2, 0.25) is 17.8 Å². The quantitative estimate of drug-likeness (QED) is 0.692. The van der Waals surface area contributed by atoms with Gasteiger partial charge in [-0.3, -0.25) is 9.59 Å². The van der Waals surface area contributed by atoms with Crippen molar-refractivity contribution in [2.24, 2.45) is 0 Å². The molecule has 0 fully saturated rings. The number of anilines is 6. The maximum atomic E-state index is 12.7. The van der Waals surface area contributed by atoms with E-state index in [-0.39, 0.29) is 11.8 Å². The first-order valence-electron chi connectivity index (χ1n) is 9.57. The predicted octanol–water partition coefficient (Wildman–Crippen LogP) is 3.68. The summed E-state index contributed by atoms with van der Waals surface area (Å²) < 4.78 is 0. The maximum absolute atomic E-state index is 12.7. The molecule has 2 heterocycles. The molecule has 1 aliphatic heterocycles. The molecular formula is C22H22N6O2. The molecule has 8 heteroatoms. The van der Waals surface area contributed by atoms with E-state index in [2.05, 4.69) is 15.6 Å². The van der Waals surface area contributed by atoms with E-state index in [9.17, 15) is 9.59 Å². The van der Waals surface area contributed by atoms with Crippen molar-refractivity contribution in [2.45, 2.75) is 19.9 Å². The second kappa shape index (κ2) is 7.82. The Bertz CT molecular complexity index is 1080. The zero-order chi connectivity index (χ0) is 21.3. The summed E-state index contributed by atoms with van der Waals surface area (Å²) >= 11 is 0. The average molecular weight is 402 g/mol. The minimum atomic E-state index is -0.399.